The predicted molar refractivity (Wildman–Crippen MR) is 145 cm³/mol. The first-order valence-corrected chi connectivity index (χ1v) is 13.5. The molecule has 0 saturated carbocycles. The molecule has 0 aromatic heterocycles. The van der Waals surface area contributed by atoms with Crippen molar-refractivity contribution in [1.82, 2.24) is 9.80 Å². The predicted octanol–water partition coefficient (Wildman–Crippen LogP) is 5.55. The van der Waals surface area contributed by atoms with Crippen LogP contribution in [-0.4, -0.2) is 67.6 Å². The Morgan fingerprint density at radius 3 is 2.46 bits per heavy atom. The monoisotopic (exact) mass is 477 g/mol. The fraction of sp³-hybridized carbons (Fsp3) is 0.567. The molecule has 5 nitrogen and oxygen atoms in total. The van der Waals surface area contributed by atoms with Gasteiger partial charge in [0.2, 0.25) is 0 Å². The average Bonchev–Trinajstić information content (AvgIpc) is 2.89. The number of nitrogens with zero attached hydrogens (tertiary/aromatic N) is 3. The first-order valence-electron chi connectivity index (χ1n) is 13.5. The Bertz CT molecular complexity index is 966. The number of hydrogen-bond acceptors (Lipinski definition) is 4. The Labute approximate surface area is 212 Å². The highest BCUT2D eigenvalue weighted by atomic mass is 16.5. The third-order valence-corrected chi connectivity index (χ3v) is 7.94. The standard InChI is InChI=1S/C30H43N3O2/c1-5-26-10-9-25(4)33(22-26)15-6-20-35-28-13-11-27(12-14-28)31-16-18-32(19-17-31)30(34)29-21-23(2)7-8-24(29)3/h7-8,11-14,21,25-26H,5-6,9-10,15-20,22H2,1-4H3. The maximum atomic E-state index is 13.0. The molecule has 0 N–H and O–H groups in total. The first kappa shape index (κ1) is 25.6. The number of ether oxygens (including phenoxy) is 1. The number of rotatable bonds is 8. The number of benzene rings is 2. The number of hydrogen-bond donors (Lipinski definition) is 0. The number of piperazine rings is 1. The number of likely N-dealkylation sites (tertiary alicyclic amines) is 1. The molecule has 190 valence electrons. The summed E-state index contributed by atoms with van der Waals surface area (Å²) in [7, 11) is 0. The Balaban J connectivity index is 1.21. The fourth-order valence-electron chi connectivity index (χ4n) is 5.42. The van der Waals surface area contributed by atoms with Gasteiger partial charge in [0, 0.05) is 56.6 Å². The second-order valence-electron chi connectivity index (χ2n) is 10.5. The Kier molecular flexibility index (Phi) is 8.72. The smallest absolute Gasteiger partial charge is 0.254 e. The number of carbonyl (C=O) groups is 1. The van der Waals surface area contributed by atoms with Crippen LogP contribution in [-0.2, 0) is 0 Å². The Hall–Kier alpha value is -2.53. The summed E-state index contributed by atoms with van der Waals surface area (Å²) in [5.74, 6) is 1.96. The van der Waals surface area contributed by atoms with E-state index in [2.05, 4.69) is 54.0 Å². The van der Waals surface area contributed by atoms with E-state index in [0.29, 0.717) is 6.04 Å². The maximum Gasteiger partial charge on any atom is 0.254 e. The lowest BCUT2D eigenvalue weighted by Crippen LogP contribution is -2.49. The normalized spacial score (nSPS) is 21.3. The van der Waals surface area contributed by atoms with Crippen LogP contribution < -0.4 is 9.64 Å². The summed E-state index contributed by atoms with van der Waals surface area (Å²) in [6, 6.07) is 15.3. The highest BCUT2D eigenvalue weighted by Crippen LogP contribution is 2.25. The minimum Gasteiger partial charge on any atom is -0.494 e. The molecule has 35 heavy (non-hydrogen) atoms. The SMILES string of the molecule is CCC1CCC(C)N(CCCOc2ccc(N3CCN(C(=O)c4cc(C)ccc4C)CC3)cc2)C1. The minimum atomic E-state index is 0.152. The lowest BCUT2D eigenvalue weighted by molar-refractivity contribution is 0.0746. The molecule has 4 rings (SSSR count). The summed E-state index contributed by atoms with van der Waals surface area (Å²) in [6.07, 6.45) is 5.08. The number of aryl methyl sites for hydroxylation is 2. The van der Waals surface area contributed by atoms with Gasteiger partial charge >= 0.3 is 0 Å². The number of piperidine rings is 1. The fourth-order valence-corrected chi connectivity index (χ4v) is 5.42. The summed E-state index contributed by atoms with van der Waals surface area (Å²) in [5.41, 5.74) is 4.21. The maximum absolute atomic E-state index is 13.0. The molecule has 0 aliphatic carbocycles. The lowest BCUT2D eigenvalue weighted by atomic mass is 9.91. The van der Waals surface area contributed by atoms with Crippen LogP contribution in [0.15, 0.2) is 42.5 Å². The quantitative estimate of drug-likeness (QED) is 0.468. The summed E-state index contributed by atoms with van der Waals surface area (Å²) in [5, 5.41) is 0. The van der Waals surface area contributed by atoms with Crippen LogP contribution in [0, 0.1) is 19.8 Å². The molecule has 0 bridgehead atoms. The lowest BCUT2D eigenvalue weighted by Gasteiger charge is -2.37. The molecule has 2 heterocycles. The van der Waals surface area contributed by atoms with Gasteiger partial charge in [-0.25, -0.2) is 0 Å². The Morgan fingerprint density at radius 1 is 1.00 bits per heavy atom. The third-order valence-electron chi connectivity index (χ3n) is 7.94. The molecule has 2 atom stereocenters. The van der Waals surface area contributed by atoms with Gasteiger partial charge < -0.3 is 19.4 Å². The molecule has 2 unspecified atom stereocenters. The molecular weight excluding hydrogens is 434 g/mol. The van der Waals surface area contributed by atoms with Gasteiger partial charge in [0.15, 0.2) is 0 Å². The topological polar surface area (TPSA) is 36.0 Å². The highest BCUT2D eigenvalue weighted by Gasteiger charge is 2.24. The first-order chi connectivity index (χ1) is 16.9. The summed E-state index contributed by atoms with van der Waals surface area (Å²) in [6.45, 7) is 15.1. The van der Waals surface area contributed by atoms with Crippen LogP contribution >= 0.6 is 0 Å². The van der Waals surface area contributed by atoms with Gasteiger partial charge in [-0.05, 0) is 81.8 Å². The van der Waals surface area contributed by atoms with Crippen LogP contribution in [0.1, 0.15) is 61.0 Å². The van der Waals surface area contributed by atoms with E-state index in [9.17, 15) is 4.79 Å². The zero-order chi connectivity index (χ0) is 24.8. The van der Waals surface area contributed by atoms with E-state index < -0.39 is 0 Å². The third kappa shape index (κ3) is 6.58. The number of carbonyl (C=O) groups excluding carboxylic acids is 1. The second-order valence-corrected chi connectivity index (χ2v) is 10.5. The molecular formula is C30H43N3O2. The van der Waals surface area contributed by atoms with Crippen LogP contribution in [0.4, 0.5) is 5.69 Å². The average molecular weight is 478 g/mol. The van der Waals surface area contributed by atoms with Crippen LogP contribution in [0.3, 0.4) is 0 Å². The van der Waals surface area contributed by atoms with E-state index in [1.54, 1.807) is 0 Å². The van der Waals surface area contributed by atoms with Crippen molar-refractivity contribution in [2.24, 2.45) is 5.92 Å². The molecule has 2 aromatic rings. The van der Waals surface area contributed by atoms with E-state index >= 15 is 0 Å². The number of amides is 1. The van der Waals surface area contributed by atoms with Crippen LogP contribution in [0.2, 0.25) is 0 Å². The van der Waals surface area contributed by atoms with Gasteiger partial charge in [-0.15, -0.1) is 0 Å². The van der Waals surface area contributed by atoms with Crippen LogP contribution in [0.25, 0.3) is 0 Å². The molecule has 2 fully saturated rings. The van der Waals surface area contributed by atoms with Crippen molar-refractivity contribution in [3.05, 3.63) is 59.2 Å². The zero-order valence-electron chi connectivity index (χ0n) is 22.1. The zero-order valence-corrected chi connectivity index (χ0v) is 22.1. The summed E-state index contributed by atoms with van der Waals surface area (Å²) < 4.78 is 6.05. The molecule has 5 heteroatoms. The largest absolute Gasteiger partial charge is 0.494 e. The van der Waals surface area contributed by atoms with Crippen molar-refractivity contribution in [2.45, 2.75) is 59.4 Å². The van der Waals surface area contributed by atoms with E-state index in [-0.39, 0.29) is 5.91 Å². The van der Waals surface area contributed by atoms with Crippen molar-refractivity contribution in [2.75, 3.05) is 50.8 Å². The van der Waals surface area contributed by atoms with Gasteiger partial charge in [0.1, 0.15) is 5.75 Å². The molecule has 0 spiro atoms. The molecule has 0 radical (unpaired) electrons. The van der Waals surface area contributed by atoms with Crippen molar-refractivity contribution < 1.29 is 9.53 Å². The van der Waals surface area contributed by atoms with Gasteiger partial charge in [0.05, 0.1) is 6.61 Å². The minimum absolute atomic E-state index is 0.152. The van der Waals surface area contributed by atoms with E-state index in [0.717, 1.165) is 74.1 Å². The summed E-state index contributed by atoms with van der Waals surface area (Å²) >= 11 is 0. The van der Waals surface area contributed by atoms with Gasteiger partial charge in [0.25, 0.3) is 5.91 Å². The van der Waals surface area contributed by atoms with E-state index in [4.69, 9.17) is 4.74 Å². The van der Waals surface area contributed by atoms with E-state index in [1.165, 1.54) is 31.5 Å². The van der Waals surface area contributed by atoms with Crippen molar-refractivity contribution in [1.29, 1.82) is 0 Å². The van der Waals surface area contributed by atoms with Crippen molar-refractivity contribution in [3.63, 3.8) is 0 Å². The summed E-state index contributed by atoms with van der Waals surface area (Å²) in [4.78, 5) is 20.0. The molecule has 1 amide bonds. The Morgan fingerprint density at radius 2 is 1.74 bits per heavy atom. The van der Waals surface area contributed by atoms with Gasteiger partial charge in [-0.1, -0.05) is 31.0 Å². The van der Waals surface area contributed by atoms with Crippen molar-refractivity contribution in [3.8, 4) is 5.75 Å². The van der Waals surface area contributed by atoms with Crippen LogP contribution in [0.5, 0.6) is 5.75 Å². The van der Waals surface area contributed by atoms with Gasteiger partial charge in [-0.3, -0.25) is 4.79 Å². The molecule has 2 saturated heterocycles. The van der Waals surface area contributed by atoms with E-state index in [1.807, 2.05) is 30.9 Å². The van der Waals surface area contributed by atoms with Gasteiger partial charge in [-0.2, -0.15) is 0 Å². The highest BCUT2D eigenvalue weighted by molar-refractivity contribution is 5.96. The molecule has 2 aromatic carbocycles. The number of anilines is 1. The molecule has 2 aliphatic heterocycles. The molecule has 2 aliphatic rings. The van der Waals surface area contributed by atoms with Crippen molar-refractivity contribution >= 4 is 11.6 Å². The second kappa shape index (κ2) is 11.9.